The van der Waals surface area contributed by atoms with Crippen LogP contribution in [0.1, 0.15) is 57.9 Å². The number of halogens is 1. The average Bonchev–Trinajstić information content (AvgIpc) is 3.31. The fourth-order valence-electron chi connectivity index (χ4n) is 5.41. The molecule has 0 aliphatic heterocycles. The second kappa shape index (κ2) is 15.6. The summed E-state index contributed by atoms with van der Waals surface area (Å²) in [4.78, 5) is 27.0. The number of carbonyl (C=O) groups excluding carboxylic acids is 1. The van der Waals surface area contributed by atoms with E-state index in [0.717, 1.165) is 16.9 Å². The van der Waals surface area contributed by atoms with Crippen LogP contribution in [0.3, 0.4) is 0 Å². The molecule has 0 bridgehead atoms. The number of carboxylic acids is 1. The molecule has 1 heterocycles. The summed E-state index contributed by atoms with van der Waals surface area (Å²) in [7, 11) is 1.74. The summed E-state index contributed by atoms with van der Waals surface area (Å²) in [5.41, 5.74) is 4.96. The van der Waals surface area contributed by atoms with Gasteiger partial charge >= 0.3 is 43.7 Å². The largest absolute Gasteiger partial charge is 2.00 e. The van der Waals surface area contributed by atoms with Gasteiger partial charge in [-0.25, -0.2) is 4.39 Å². The maximum absolute atomic E-state index is 14.4. The number of anilines is 1. The third-order valence-electron chi connectivity index (χ3n) is 7.33. The van der Waals surface area contributed by atoms with Crippen molar-refractivity contribution in [1.82, 2.24) is 4.57 Å². The molecule has 7 nitrogen and oxygen atoms in total. The topological polar surface area (TPSA) is 103 Å². The molecule has 0 aliphatic rings. The number of para-hydroxylation sites is 1. The first-order valence-corrected chi connectivity index (χ1v) is 14.1. The molecular weight excluding hydrogens is 575 g/mol. The van der Waals surface area contributed by atoms with Crippen molar-refractivity contribution in [2.45, 2.75) is 57.8 Å². The zero-order valence-electron chi connectivity index (χ0n) is 26.8. The van der Waals surface area contributed by atoms with Gasteiger partial charge in [0.15, 0.2) is 0 Å². The minimum absolute atomic E-state index is 0. The van der Waals surface area contributed by atoms with Gasteiger partial charge in [0, 0.05) is 30.5 Å². The number of nitrogens with zero attached hydrogens (tertiary/aromatic N) is 2. The molecule has 0 radical (unpaired) electrons. The van der Waals surface area contributed by atoms with Gasteiger partial charge in [-0.3, -0.25) is 9.59 Å². The summed E-state index contributed by atoms with van der Waals surface area (Å²) in [5, 5.41) is 29.9. The van der Waals surface area contributed by atoms with Crippen molar-refractivity contribution in [2.24, 2.45) is 0 Å². The molecule has 0 fully saturated rings. The van der Waals surface area contributed by atoms with Crippen molar-refractivity contribution in [3.63, 3.8) is 0 Å². The standard InChI is InChI=1S/C34H37FN2O5.Ca.2H/c1-22(2)32-31(34(42)36(3)26-12-8-5-9-13-26)30(23-10-6-4-7-11-23)33(24-14-16-25(35)17-15-24)37(32)19-18-27(38)20-28(39)21-29(40)41;;;/h4-17,22,27-28,38-39H,18-21H2,1-3H3,(H,40,41);;;/q;+2;2*-1/t27-,28-;;;/m1.../s1. The van der Waals surface area contributed by atoms with Gasteiger partial charge in [-0.05, 0) is 66.3 Å². The third kappa shape index (κ3) is 8.34. The fourth-order valence-corrected chi connectivity index (χ4v) is 5.41. The molecule has 1 amide bonds. The molecule has 3 aromatic carbocycles. The normalized spacial score (nSPS) is 12.4. The number of hydrogen-bond donors (Lipinski definition) is 3. The number of amides is 1. The van der Waals surface area contributed by atoms with E-state index in [-0.39, 0.29) is 77.6 Å². The molecule has 2 atom stereocenters. The van der Waals surface area contributed by atoms with Crippen molar-refractivity contribution in [3.8, 4) is 22.4 Å². The van der Waals surface area contributed by atoms with Crippen LogP contribution in [0.2, 0.25) is 0 Å². The van der Waals surface area contributed by atoms with Crippen molar-refractivity contribution in [3.05, 3.63) is 102 Å². The molecule has 0 saturated carbocycles. The molecular formula is C34H39CaFN2O5. The molecule has 0 saturated heterocycles. The smallest absolute Gasteiger partial charge is 1.00 e. The molecule has 0 spiro atoms. The Hall–Kier alpha value is -3.01. The maximum atomic E-state index is 14.4. The second-order valence-electron chi connectivity index (χ2n) is 10.8. The molecule has 0 aliphatic carbocycles. The van der Waals surface area contributed by atoms with Gasteiger partial charge in [-0.2, -0.15) is 0 Å². The van der Waals surface area contributed by atoms with E-state index < -0.39 is 24.6 Å². The van der Waals surface area contributed by atoms with Crippen LogP contribution < -0.4 is 4.90 Å². The SMILES string of the molecule is CC(C)c1c(C(=O)N(C)c2ccccc2)c(-c2ccccc2)c(-c2ccc(F)cc2)n1CC[C@@H](O)C[C@@H](O)CC(=O)O.[Ca+2].[H-].[H-]. The van der Waals surface area contributed by atoms with Crippen LogP contribution in [0, 0.1) is 5.82 Å². The molecule has 0 unspecified atom stereocenters. The van der Waals surface area contributed by atoms with Gasteiger partial charge in [0.05, 0.1) is 29.9 Å². The maximum Gasteiger partial charge on any atom is 2.00 e. The van der Waals surface area contributed by atoms with Gasteiger partial charge in [0.25, 0.3) is 5.91 Å². The van der Waals surface area contributed by atoms with Crippen molar-refractivity contribution in [2.75, 3.05) is 11.9 Å². The number of carboxylic acid groups (broad SMARTS) is 1. The zero-order chi connectivity index (χ0) is 30.4. The number of aliphatic hydroxyl groups is 2. The van der Waals surface area contributed by atoms with Crippen LogP contribution in [0.5, 0.6) is 0 Å². The van der Waals surface area contributed by atoms with Gasteiger partial charge in [-0.15, -0.1) is 0 Å². The Morgan fingerprint density at radius 1 is 0.884 bits per heavy atom. The fraction of sp³-hybridized carbons (Fsp3) is 0.294. The monoisotopic (exact) mass is 614 g/mol. The number of aliphatic carboxylic acids is 1. The minimum atomic E-state index is -1.18. The predicted octanol–water partition coefficient (Wildman–Crippen LogP) is 6.18. The molecule has 43 heavy (non-hydrogen) atoms. The Balaban J connectivity index is 0.00000337. The number of hydrogen-bond acceptors (Lipinski definition) is 4. The van der Waals surface area contributed by atoms with Crippen LogP contribution in [-0.2, 0) is 11.3 Å². The number of carbonyl (C=O) groups is 2. The quantitative estimate of drug-likeness (QED) is 0.165. The van der Waals surface area contributed by atoms with E-state index in [1.165, 1.54) is 12.1 Å². The Morgan fingerprint density at radius 2 is 1.47 bits per heavy atom. The Labute approximate surface area is 284 Å². The van der Waals surface area contributed by atoms with Crippen LogP contribution in [-0.4, -0.2) is 88.8 Å². The van der Waals surface area contributed by atoms with Crippen LogP contribution in [0.15, 0.2) is 84.9 Å². The Kier molecular flexibility index (Phi) is 12.5. The van der Waals surface area contributed by atoms with Gasteiger partial charge in [0.2, 0.25) is 0 Å². The summed E-state index contributed by atoms with van der Waals surface area (Å²) < 4.78 is 16.1. The zero-order valence-corrected chi connectivity index (χ0v) is 27.0. The first kappa shape index (κ1) is 34.5. The summed E-state index contributed by atoms with van der Waals surface area (Å²) in [6, 6.07) is 25.1. The first-order valence-electron chi connectivity index (χ1n) is 14.1. The van der Waals surface area contributed by atoms with E-state index >= 15 is 0 Å². The summed E-state index contributed by atoms with van der Waals surface area (Å²) in [6.07, 6.45) is -2.50. The van der Waals surface area contributed by atoms with E-state index in [9.17, 15) is 24.2 Å². The predicted molar refractivity (Wildman–Crippen MR) is 170 cm³/mol. The average molecular weight is 615 g/mol. The Bertz CT molecular complexity index is 1520. The van der Waals surface area contributed by atoms with Crippen molar-refractivity contribution in [1.29, 1.82) is 0 Å². The van der Waals surface area contributed by atoms with E-state index in [4.69, 9.17) is 5.11 Å². The van der Waals surface area contributed by atoms with E-state index in [1.807, 2.05) is 79.1 Å². The molecule has 4 aromatic rings. The van der Waals surface area contributed by atoms with Crippen LogP contribution in [0.4, 0.5) is 10.1 Å². The molecule has 9 heteroatoms. The summed E-state index contributed by atoms with van der Waals surface area (Å²) >= 11 is 0. The van der Waals surface area contributed by atoms with E-state index in [0.29, 0.717) is 22.4 Å². The summed E-state index contributed by atoms with van der Waals surface area (Å²) in [6.45, 7) is 4.28. The van der Waals surface area contributed by atoms with Gasteiger partial charge < -0.3 is 27.6 Å². The van der Waals surface area contributed by atoms with Crippen molar-refractivity contribution < 1.29 is 32.2 Å². The van der Waals surface area contributed by atoms with Gasteiger partial charge in [0.1, 0.15) is 5.82 Å². The van der Waals surface area contributed by atoms with Crippen molar-refractivity contribution >= 4 is 55.3 Å². The summed E-state index contributed by atoms with van der Waals surface area (Å²) in [5.74, 6) is -1.84. The second-order valence-corrected chi connectivity index (χ2v) is 10.8. The number of benzene rings is 3. The first-order chi connectivity index (χ1) is 20.1. The minimum Gasteiger partial charge on any atom is -1.00 e. The van der Waals surface area contributed by atoms with E-state index in [1.54, 1.807) is 24.1 Å². The van der Waals surface area contributed by atoms with Crippen LogP contribution >= 0.6 is 0 Å². The molecule has 3 N–H and O–H groups in total. The number of aliphatic hydroxyl groups excluding tert-OH is 2. The van der Waals surface area contributed by atoms with Gasteiger partial charge in [-0.1, -0.05) is 62.4 Å². The van der Waals surface area contributed by atoms with Crippen LogP contribution in [0.25, 0.3) is 22.4 Å². The number of rotatable bonds is 12. The molecule has 224 valence electrons. The molecule has 1 aromatic heterocycles. The third-order valence-corrected chi connectivity index (χ3v) is 7.33. The molecule has 4 rings (SSSR count). The number of aromatic nitrogens is 1. The van der Waals surface area contributed by atoms with E-state index in [2.05, 4.69) is 0 Å². The Morgan fingerprint density at radius 3 is 2.02 bits per heavy atom.